The monoisotopic (exact) mass is 327 g/mol. The van der Waals surface area contributed by atoms with Crippen molar-refractivity contribution >= 4 is 26.3 Å². The highest BCUT2D eigenvalue weighted by Gasteiger charge is 2.49. The predicted octanol–water partition coefficient (Wildman–Crippen LogP) is -0.607. The molecule has 0 aromatic carbocycles. The van der Waals surface area contributed by atoms with Gasteiger partial charge in [-0.05, 0) is 12.8 Å². The average Bonchev–Trinajstić information content (AvgIpc) is 2.17. The molecule has 19 heavy (non-hydrogen) atoms. The maximum Gasteiger partial charge on any atom is 0.512 e. The van der Waals surface area contributed by atoms with Crippen LogP contribution in [-0.4, -0.2) is 41.0 Å². The largest absolute Gasteiger partial charge is 0.512 e. The third-order valence-electron chi connectivity index (χ3n) is 1.88. The smallest absolute Gasteiger partial charge is 0.464 e. The van der Waals surface area contributed by atoms with Crippen molar-refractivity contribution in [2.45, 2.75) is 24.5 Å². The molecule has 0 spiro atoms. The number of rotatable bonds is 4. The second-order valence-corrected chi connectivity index (χ2v) is 6.62. The summed E-state index contributed by atoms with van der Waals surface area (Å²) in [6, 6.07) is 0. The molecule has 0 amide bonds. The van der Waals surface area contributed by atoms with Crippen LogP contribution in [0.2, 0.25) is 0 Å². The number of nitrogens with one attached hydrogen (secondary N) is 1. The molecule has 8 nitrogen and oxygen atoms in total. The number of carbonyl (C=O) groups is 1. The number of hydrogen-bond acceptors (Lipinski definition) is 7. The maximum atomic E-state index is 12.0. The molecule has 0 aliphatic carbocycles. The van der Waals surface area contributed by atoms with Crippen molar-refractivity contribution in [1.82, 2.24) is 4.13 Å². The number of alkyl halides is 3. The molecule has 1 saturated heterocycles. The summed E-state index contributed by atoms with van der Waals surface area (Å²) < 4.78 is 88.0. The Balaban J connectivity index is 2.80. The summed E-state index contributed by atoms with van der Waals surface area (Å²) in [5.74, 6) is -1.10. The van der Waals surface area contributed by atoms with Crippen LogP contribution < -0.4 is 4.13 Å². The first-order valence-electron chi connectivity index (χ1n) is 4.64. The second kappa shape index (κ2) is 5.22. The highest BCUT2D eigenvalue weighted by Crippen LogP contribution is 2.23. The molecule has 112 valence electrons. The zero-order valence-corrected chi connectivity index (χ0v) is 10.6. The molecular weight excluding hydrogens is 319 g/mol. The number of sulfonamides is 1. The van der Waals surface area contributed by atoms with Crippen LogP contribution in [0.4, 0.5) is 13.2 Å². The summed E-state index contributed by atoms with van der Waals surface area (Å²) >= 11 is 0. The number of cyclic esters (lactones) is 1. The number of halogens is 3. The van der Waals surface area contributed by atoms with Gasteiger partial charge >= 0.3 is 31.8 Å². The van der Waals surface area contributed by atoms with Gasteiger partial charge < -0.3 is 4.74 Å². The first kappa shape index (κ1) is 16.1. The Kier molecular flexibility index (Phi) is 4.44. The molecule has 0 aromatic rings. The van der Waals surface area contributed by atoms with Gasteiger partial charge in [0, 0.05) is 0 Å². The van der Waals surface area contributed by atoms with Gasteiger partial charge in [-0.1, -0.05) is 4.13 Å². The number of ether oxygens (including phenoxy) is 1. The predicted molar refractivity (Wildman–Crippen MR) is 52.1 cm³/mol. The Bertz CT molecular complexity index is 552. The lowest BCUT2D eigenvalue weighted by Gasteiger charge is -2.20. The van der Waals surface area contributed by atoms with Crippen LogP contribution in [0.3, 0.4) is 0 Å². The molecule has 1 rings (SSSR count). The average molecular weight is 327 g/mol. The van der Waals surface area contributed by atoms with E-state index in [0.29, 0.717) is 4.13 Å². The van der Waals surface area contributed by atoms with Crippen molar-refractivity contribution in [1.29, 1.82) is 0 Å². The second-order valence-electron chi connectivity index (χ2n) is 3.38. The first-order chi connectivity index (χ1) is 8.45. The minimum atomic E-state index is -6.14. The van der Waals surface area contributed by atoms with Crippen LogP contribution >= 0.6 is 0 Å². The zero-order valence-electron chi connectivity index (χ0n) is 9.01. The molecule has 1 aliphatic rings. The van der Waals surface area contributed by atoms with Crippen LogP contribution in [0, 0.1) is 0 Å². The standard InChI is InChI=1S/C6H8F3NO7S2/c7-6(8,9)18(12,13)10-19(14,15)17-4-2-1-3-16-5(4)11/h4,10H,1-3H2. The fourth-order valence-electron chi connectivity index (χ4n) is 1.09. The molecule has 1 aliphatic heterocycles. The topological polar surface area (TPSA) is 116 Å². The van der Waals surface area contributed by atoms with E-state index in [1.54, 1.807) is 0 Å². The van der Waals surface area contributed by atoms with Crippen LogP contribution in [0.5, 0.6) is 0 Å². The van der Waals surface area contributed by atoms with Gasteiger partial charge in [-0.15, -0.1) is 0 Å². The van der Waals surface area contributed by atoms with Gasteiger partial charge in [0.15, 0.2) is 6.10 Å². The van der Waals surface area contributed by atoms with Gasteiger partial charge in [0.2, 0.25) is 0 Å². The van der Waals surface area contributed by atoms with Gasteiger partial charge in [0.25, 0.3) is 0 Å². The van der Waals surface area contributed by atoms with E-state index in [9.17, 15) is 34.8 Å². The molecule has 1 N–H and O–H groups in total. The minimum absolute atomic E-state index is 0.0209. The van der Waals surface area contributed by atoms with Crippen molar-refractivity contribution in [3.63, 3.8) is 0 Å². The first-order valence-corrected chi connectivity index (χ1v) is 7.53. The highest BCUT2D eigenvalue weighted by atomic mass is 32.3. The molecule has 0 aromatic heterocycles. The van der Waals surface area contributed by atoms with Crippen molar-refractivity contribution in [2.75, 3.05) is 6.61 Å². The zero-order chi connectivity index (χ0) is 14.9. The van der Waals surface area contributed by atoms with E-state index in [1.807, 2.05) is 0 Å². The number of esters is 1. The van der Waals surface area contributed by atoms with Gasteiger partial charge in [-0.3, -0.25) is 0 Å². The fraction of sp³-hybridized carbons (Fsp3) is 0.833. The van der Waals surface area contributed by atoms with Gasteiger partial charge in [-0.25, -0.2) is 17.4 Å². The molecule has 1 fully saturated rings. The van der Waals surface area contributed by atoms with Crippen LogP contribution in [0.1, 0.15) is 12.8 Å². The van der Waals surface area contributed by atoms with E-state index in [2.05, 4.69) is 8.92 Å². The van der Waals surface area contributed by atoms with Crippen LogP contribution in [0.25, 0.3) is 0 Å². The molecule has 0 radical (unpaired) electrons. The van der Waals surface area contributed by atoms with E-state index in [1.165, 1.54) is 0 Å². The highest BCUT2D eigenvalue weighted by molar-refractivity contribution is 8.03. The van der Waals surface area contributed by atoms with Crippen molar-refractivity contribution in [3.05, 3.63) is 0 Å². The summed E-state index contributed by atoms with van der Waals surface area (Å²) in [4.78, 5) is 11.0. The van der Waals surface area contributed by atoms with E-state index >= 15 is 0 Å². The Morgan fingerprint density at radius 3 is 2.32 bits per heavy atom. The molecule has 0 bridgehead atoms. The number of carbonyl (C=O) groups excluding carboxylic acids is 1. The summed E-state index contributed by atoms with van der Waals surface area (Å²) in [5, 5.41) is 0. The Labute approximate surface area is 106 Å². The molecule has 0 saturated carbocycles. The third-order valence-corrected chi connectivity index (χ3v) is 4.67. The molecule has 1 atom stereocenters. The Morgan fingerprint density at radius 1 is 1.26 bits per heavy atom. The lowest BCUT2D eigenvalue weighted by molar-refractivity contribution is -0.156. The molecule has 1 heterocycles. The van der Waals surface area contributed by atoms with Crippen molar-refractivity contribution in [2.24, 2.45) is 0 Å². The third kappa shape index (κ3) is 4.29. The quantitative estimate of drug-likeness (QED) is 0.685. The van der Waals surface area contributed by atoms with E-state index in [0.717, 1.165) is 0 Å². The lowest BCUT2D eigenvalue weighted by Crippen LogP contribution is -2.44. The van der Waals surface area contributed by atoms with Crippen molar-refractivity contribution in [3.8, 4) is 0 Å². The molecule has 13 heteroatoms. The summed E-state index contributed by atoms with van der Waals surface area (Å²) in [6.45, 7) is 0.0209. The summed E-state index contributed by atoms with van der Waals surface area (Å²) in [5.41, 5.74) is -5.82. The Hall–Kier alpha value is -0.920. The minimum Gasteiger partial charge on any atom is -0.464 e. The van der Waals surface area contributed by atoms with Gasteiger partial charge in [0.05, 0.1) is 6.61 Å². The van der Waals surface area contributed by atoms with Crippen molar-refractivity contribution < 1.29 is 43.7 Å². The normalized spacial score (nSPS) is 22.1. The van der Waals surface area contributed by atoms with Gasteiger partial charge in [0.1, 0.15) is 0 Å². The van der Waals surface area contributed by atoms with E-state index < -0.39 is 37.9 Å². The van der Waals surface area contributed by atoms with E-state index in [4.69, 9.17) is 0 Å². The SMILES string of the molecule is O=C1OCCCC1OS(=O)(=O)NS(=O)(=O)C(F)(F)F. The maximum absolute atomic E-state index is 12.0. The summed E-state index contributed by atoms with van der Waals surface area (Å²) in [6.07, 6.45) is -1.56. The number of hydrogen-bond donors (Lipinski definition) is 1. The fourth-order valence-corrected chi connectivity index (χ4v) is 3.18. The summed E-state index contributed by atoms with van der Waals surface area (Å²) in [7, 11) is -11.5. The Morgan fingerprint density at radius 2 is 1.84 bits per heavy atom. The lowest BCUT2D eigenvalue weighted by atomic mass is 10.2. The van der Waals surface area contributed by atoms with Crippen LogP contribution in [0.15, 0.2) is 0 Å². The van der Waals surface area contributed by atoms with Crippen LogP contribution in [-0.2, 0) is 34.0 Å². The van der Waals surface area contributed by atoms with Gasteiger partial charge in [-0.2, -0.15) is 21.6 Å². The molecule has 1 unspecified atom stereocenters. The van der Waals surface area contributed by atoms with E-state index in [-0.39, 0.29) is 19.4 Å². The molecular formula is C6H8F3NO7S2.